The fourth-order valence-electron chi connectivity index (χ4n) is 1.32. The molecule has 13 heavy (non-hydrogen) atoms. The van der Waals surface area contributed by atoms with Crippen LogP contribution < -0.4 is 0 Å². The maximum atomic E-state index is 9.70. The summed E-state index contributed by atoms with van der Waals surface area (Å²) in [7, 11) is 1.66. The fourth-order valence-corrected chi connectivity index (χ4v) is 1.32. The molecule has 1 heterocycles. The van der Waals surface area contributed by atoms with Gasteiger partial charge in [0.05, 0.1) is 12.4 Å². The summed E-state index contributed by atoms with van der Waals surface area (Å²) >= 11 is 0. The molecular formula is C10H16O3. The summed E-state index contributed by atoms with van der Waals surface area (Å²) < 4.78 is 10.0. The summed E-state index contributed by atoms with van der Waals surface area (Å²) in [5.41, 5.74) is 0.885. The lowest BCUT2D eigenvalue weighted by molar-refractivity contribution is 0.135. The van der Waals surface area contributed by atoms with E-state index < -0.39 is 6.10 Å². The van der Waals surface area contributed by atoms with Gasteiger partial charge in [0.15, 0.2) is 0 Å². The number of furan rings is 1. The first-order valence-corrected chi connectivity index (χ1v) is 4.46. The zero-order chi connectivity index (χ0) is 9.68. The first-order valence-electron chi connectivity index (χ1n) is 4.46. The number of ether oxygens (including phenoxy) is 1. The molecule has 0 radical (unpaired) electrons. The Hall–Kier alpha value is -0.800. The molecule has 0 aromatic carbocycles. The summed E-state index contributed by atoms with van der Waals surface area (Å²) in [6.45, 7) is 2.54. The average Bonchev–Trinajstić information content (AvgIpc) is 2.52. The van der Waals surface area contributed by atoms with Crippen molar-refractivity contribution in [3.8, 4) is 0 Å². The first kappa shape index (κ1) is 10.3. The maximum Gasteiger partial charge on any atom is 0.106 e. The Bertz CT molecular complexity index is 242. The van der Waals surface area contributed by atoms with E-state index in [1.807, 2.05) is 13.0 Å². The van der Waals surface area contributed by atoms with Crippen LogP contribution in [0.25, 0.3) is 0 Å². The molecule has 3 nitrogen and oxygen atoms in total. The van der Waals surface area contributed by atoms with Gasteiger partial charge in [-0.25, -0.2) is 0 Å². The monoisotopic (exact) mass is 184 g/mol. The van der Waals surface area contributed by atoms with Crippen LogP contribution in [0.1, 0.15) is 30.3 Å². The molecule has 0 saturated heterocycles. The molecule has 1 aromatic rings. The van der Waals surface area contributed by atoms with Crippen LogP contribution in [0, 0.1) is 6.92 Å². The lowest BCUT2D eigenvalue weighted by atomic mass is 10.1. The van der Waals surface area contributed by atoms with Crippen molar-refractivity contribution < 1.29 is 14.3 Å². The molecule has 1 N–H and O–H groups in total. The van der Waals surface area contributed by atoms with Gasteiger partial charge in [0, 0.05) is 19.3 Å². The van der Waals surface area contributed by atoms with Gasteiger partial charge in [-0.2, -0.15) is 0 Å². The molecule has 1 atom stereocenters. The van der Waals surface area contributed by atoms with Gasteiger partial charge in [-0.1, -0.05) is 0 Å². The second-order valence-corrected chi connectivity index (χ2v) is 3.08. The van der Waals surface area contributed by atoms with Gasteiger partial charge >= 0.3 is 0 Å². The molecule has 1 unspecified atom stereocenters. The van der Waals surface area contributed by atoms with E-state index in [0.29, 0.717) is 13.0 Å². The van der Waals surface area contributed by atoms with Crippen molar-refractivity contribution in [1.29, 1.82) is 0 Å². The van der Waals surface area contributed by atoms with Crippen LogP contribution in [-0.2, 0) is 4.74 Å². The molecular weight excluding hydrogens is 168 g/mol. The van der Waals surface area contributed by atoms with Crippen LogP contribution in [0.2, 0.25) is 0 Å². The van der Waals surface area contributed by atoms with E-state index in [2.05, 4.69) is 0 Å². The van der Waals surface area contributed by atoms with E-state index in [-0.39, 0.29) is 0 Å². The van der Waals surface area contributed by atoms with Crippen molar-refractivity contribution in [2.75, 3.05) is 13.7 Å². The molecule has 0 aliphatic heterocycles. The van der Waals surface area contributed by atoms with Crippen molar-refractivity contribution >= 4 is 0 Å². The molecule has 74 valence electrons. The van der Waals surface area contributed by atoms with Gasteiger partial charge in [0.1, 0.15) is 5.76 Å². The van der Waals surface area contributed by atoms with E-state index in [0.717, 1.165) is 17.7 Å². The van der Waals surface area contributed by atoms with E-state index >= 15 is 0 Å². The highest BCUT2D eigenvalue weighted by Gasteiger charge is 2.11. The number of hydrogen-bond acceptors (Lipinski definition) is 3. The third-order valence-electron chi connectivity index (χ3n) is 2.08. The van der Waals surface area contributed by atoms with Crippen molar-refractivity contribution in [2.45, 2.75) is 25.9 Å². The molecule has 0 saturated carbocycles. The maximum absolute atomic E-state index is 9.70. The highest BCUT2D eigenvalue weighted by Crippen LogP contribution is 2.22. The molecule has 0 aliphatic rings. The highest BCUT2D eigenvalue weighted by molar-refractivity contribution is 5.18. The molecule has 1 rings (SSSR count). The molecule has 0 fully saturated rings. The number of aliphatic hydroxyl groups is 1. The van der Waals surface area contributed by atoms with Gasteiger partial charge in [-0.3, -0.25) is 0 Å². The van der Waals surface area contributed by atoms with Crippen LogP contribution in [0.3, 0.4) is 0 Å². The lowest BCUT2D eigenvalue weighted by Crippen LogP contribution is -1.99. The Morgan fingerprint density at radius 1 is 1.62 bits per heavy atom. The van der Waals surface area contributed by atoms with E-state index in [4.69, 9.17) is 9.15 Å². The van der Waals surface area contributed by atoms with Crippen LogP contribution in [-0.4, -0.2) is 18.8 Å². The van der Waals surface area contributed by atoms with Crippen molar-refractivity contribution in [3.63, 3.8) is 0 Å². The number of aryl methyl sites for hydroxylation is 1. The quantitative estimate of drug-likeness (QED) is 0.712. The second-order valence-electron chi connectivity index (χ2n) is 3.08. The van der Waals surface area contributed by atoms with Gasteiger partial charge in [-0.15, -0.1) is 0 Å². The minimum Gasteiger partial charge on any atom is -0.469 e. The Kier molecular flexibility index (Phi) is 3.99. The van der Waals surface area contributed by atoms with E-state index in [1.54, 1.807) is 13.4 Å². The molecule has 0 aliphatic carbocycles. The number of hydrogen-bond donors (Lipinski definition) is 1. The van der Waals surface area contributed by atoms with Crippen LogP contribution in [0.4, 0.5) is 0 Å². The molecule has 3 heteroatoms. The Morgan fingerprint density at radius 3 is 2.92 bits per heavy atom. The molecule has 0 spiro atoms. The summed E-state index contributed by atoms with van der Waals surface area (Å²) in [5, 5.41) is 9.70. The predicted molar refractivity (Wildman–Crippen MR) is 49.5 cm³/mol. The Labute approximate surface area is 78.3 Å². The van der Waals surface area contributed by atoms with Gasteiger partial charge in [0.25, 0.3) is 0 Å². The summed E-state index contributed by atoms with van der Waals surface area (Å²) in [6, 6.07) is 1.81. The highest BCUT2D eigenvalue weighted by atomic mass is 16.5. The topological polar surface area (TPSA) is 42.6 Å². The Balaban J connectivity index is 2.39. The third kappa shape index (κ3) is 2.86. The standard InChI is InChI=1S/C10H16O3/c1-8-9(5-7-13-8)10(11)4-3-6-12-2/h5,7,10-11H,3-4,6H2,1-2H3. The number of rotatable bonds is 5. The van der Waals surface area contributed by atoms with Crippen LogP contribution >= 0.6 is 0 Å². The number of aliphatic hydroxyl groups excluding tert-OH is 1. The minimum atomic E-state index is -0.422. The fraction of sp³-hybridized carbons (Fsp3) is 0.600. The minimum absolute atomic E-state index is 0.422. The second kappa shape index (κ2) is 5.04. The van der Waals surface area contributed by atoms with E-state index in [1.165, 1.54) is 0 Å². The SMILES string of the molecule is COCCCC(O)c1ccoc1C. The number of methoxy groups -OCH3 is 1. The molecule has 0 amide bonds. The molecule has 0 bridgehead atoms. The normalized spacial score (nSPS) is 13.2. The van der Waals surface area contributed by atoms with E-state index in [9.17, 15) is 5.11 Å². The van der Waals surface area contributed by atoms with Crippen molar-refractivity contribution in [2.24, 2.45) is 0 Å². The largest absolute Gasteiger partial charge is 0.469 e. The van der Waals surface area contributed by atoms with Gasteiger partial charge in [0.2, 0.25) is 0 Å². The zero-order valence-electron chi connectivity index (χ0n) is 8.12. The van der Waals surface area contributed by atoms with Crippen LogP contribution in [0.5, 0.6) is 0 Å². The first-order chi connectivity index (χ1) is 6.25. The summed E-state index contributed by atoms with van der Waals surface area (Å²) in [4.78, 5) is 0. The van der Waals surface area contributed by atoms with Crippen molar-refractivity contribution in [3.05, 3.63) is 23.7 Å². The molecule has 1 aromatic heterocycles. The predicted octanol–water partition coefficient (Wildman–Crippen LogP) is 2.05. The lowest BCUT2D eigenvalue weighted by Gasteiger charge is -2.08. The summed E-state index contributed by atoms with van der Waals surface area (Å²) in [6.07, 6.45) is 2.76. The van der Waals surface area contributed by atoms with Gasteiger partial charge < -0.3 is 14.3 Å². The average molecular weight is 184 g/mol. The smallest absolute Gasteiger partial charge is 0.106 e. The van der Waals surface area contributed by atoms with Gasteiger partial charge in [-0.05, 0) is 25.8 Å². The van der Waals surface area contributed by atoms with Crippen LogP contribution in [0.15, 0.2) is 16.7 Å². The Morgan fingerprint density at radius 2 is 2.38 bits per heavy atom. The summed E-state index contributed by atoms with van der Waals surface area (Å²) in [5.74, 6) is 0.796. The third-order valence-corrected chi connectivity index (χ3v) is 2.08. The zero-order valence-corrected chi connectivity index (χ0v) is 8.12. The van der Waals surface area contributed by atoms with Crippen molar-refractivity contribution in [1.82, 2.24) is 0 Å².